The van der Waals surface area contributed by atoms with Gasteiger partial charge in [-0.3, -0.25) is 9.80 Å². The van der Waals surface area contributed by atoms with E-state index in [1.807, 2.05) is 6.07 Å². The van der Waals surface area contributed by atoms with Crippen molar-refractivity contribution in [3.05, 3.63) is 95.6 Å². The monoisotopic (exact) mass is 486 g/mol. The van der Waals surface area contributed by atoms with Crippen LogP contribution in [-0.4, -0.2) is 53.9 Å². The zero-order valence-corrected chi connectivity index (χ0v) is 21.4. The van der Waals surface area contributed by atoms with Crippen molar-refractivity contribution in [2.75, 3.05) is 20.8 Å². The van der Waals surface area contributed by atoms with Crippen LogP contribution in [0.2, 0.25) is 0 Å². The number of methoxy groups -OCH3 is 2. The third-order valence-corrected chi connectivity index (χ3v) is 7.91. The largest absolute Gasteiger partial charge is 0.493 e. The molecular formula is C31H38N2O3. The fourth-order valence-electron chi connectivity index (χ4n) is 6.25. The lowest BCUT2D eigenvalue weighted by Crippen LogP contribution is -2.59. The van der Waals surface area contributed by atoms with Crippen LogP contribution in [0.15, 0.2) is 78.9 Å². The Morgan fingerprint density at radius 2 is 1.47 bits per heavy atom. The Kier molecular flexibility index (Phi) is 7.90. The Labute approximate surface area is 215 Å². The van der Waals surface area contributed by atoms with Crippen LogP contribution in [0.3, 0.4) is 0 Å². The highest BCUT2D eigenvalue weighted by Gasteiger charge is 2.43. The van der Waals surface area contributed by atoms with E-state index in [4.69, 9.17) is 9.47 Å². The average Bonchev–Trinajstić information content (AvgIpc) is 2.92. The van der Waals surface area contributed by atoms with Gasteiger partial charge in [0.05, 0.1) is 20.3 Å². The lowest BCUT2D eigenvalue weighted by atomic mass is 9.81. The van der Waals surface area contributed by atoms with Gasteiger partial charge in [-0.25, -0.2) is 0 Å². The maximum atomic E-state index is 11.1. The van der Waals surface area contributed by atoms with E-state index in [2.05, 4.69) is 82.6 Å². The van der Waals surface area contributed by atoms with Crippen LogP contribution in [0, 0.1) is 0 Å². The Hall–Kier alpha value is -2.86. The van der Waals surface area contributed by atoms with E-state index in [9.17, 15) is 5.11 Å². The Balaban J connectivity index is 1.45. The van der Waals surface area contributed by atoms with Crippen molar-refractivity contribution in [1.82, 2.24) is 9.80 Å². The molecule has 3 aromatic rings. The van der Waals surface area contributed by atoms with Crippen molar-refractivity contribution in [1.29, 1.82) is 0 Å². The fourth-order valence-corrected chi connectivity index (χ4v) is 6.25. The van der Waals surface area contributed by atoms with E-state index in [1.54, 1.807) is 14.2 Å². The van der Waals surface area contributed by atoms with Gasteiger partial charge >= 0.3 is 0 Å². The molecule has 1 N–H and O–H groups in total. The molecule has 0 spiro atoms. The average molecular weight is 487 g/mol. The summed E-state index contributed by atoms with van der Waals surface area (Å²) in [4.78, 5) is 5.30. The predicted molar refractivity (Wildman–Crippen MR) is 143 cm³/mol. The van der Waals surface area contributed by atoms with Gasteiger partial charge in [0.15, 0.2) is 11.5 Å². The zero-order chi connectivity index (χ0) is 24.9. The summed E-state index contributed by atoms with van der Waals surface area (Å²) in [6.45, 7) is 2.86. The van der Waals surface area contributed by atoms with Crippen molar-refractivity contribution in [2.45, 2.75) is 63.0 Å². The minimum atomic E-state index is -0.319. The van der Waals surface area contributed by atoms with E-state index < -0.39 is 0 Å². The van der Waals surface area contributed by atoms with Gasteiger partial charge in [0.2, 0.25) is 0 Å². The predicted octanol–water partition coefficient (Wildman–Crippen LogP) is 5.44. The van der Waals surface area contributed by atoms with Gasteiger partial charge in [-0.1, -0.05) is 66.7 Å². The van der Waals surface area contributed by atoms with Crippen LogP contribution < -0.4 is 9.47 Å². The molecule has 2 aliphatic heterocycles. The number of fused-ring (bicyclic) bond motifs is 1. The summed E-state index contributed by atoms with van der Waals surface area (Å²) in [5.41, 5.74) is 3.85. The van der Waals surface area contributed by atoms with Gasteiger partial charge in [0, 0.05) is 31.2 Å². The molecule has 2 aliphatic rings. The number of hydrogen-bond donors (Lipinski definition) is 1. The third kappa shape index (κ3) is 5.44. The molecule has 5 heteroatoms. The first-order chi connectivity index (χ1) is 17.7. The van der Waals surface area contributed by atoms with Crippen molar-refractivity contribution < 1.29 is 14.6 Å². The molecule has 0 bridgehead atoms. The van der Waals surface area contributed by atoms with Gasteiger partial charge < -0.3 is 14.6 Å². The topological polar surface area (TPSA) is 45.2 Å². The SMILES string of the molecule is COc1ccc([C@@H]2C[C@H](O)C[C@@H]3[C@@H](N(Cc4ccccc4)Cc4ccccc4)CCCN32)cc1OC. The number of aliphatic hydroxyl groups is 1. The Morgan fingerprint density at radius 1 is 0.833 bits per heavy atom. The molecule has 5 nitrogen and oxygen atoms in total. The van der Waals surface area contributed by atoms with Crippen LogP contribution in [0.4, 0.5) is 0 Å². The lowest BCUT2D eigenvalue weighted by molar-refractivity contribution is -0.0622. The van der Waals surface area contributed by atoms with Gasteiger partial charge in [0.25, 0.3) is 0 Å². The van der Waals surface area contributed by atoms with Crippen LogP contribution >= 0.6 is 0 Å². The van der Waals surface area contributed by atoms with E-state index in [0.717, 1.165) is 56.8 Å². The summed E-state index contributed by atoms with van der Waals surface area (Å²) in [6, 6.07) is 28.6. The van der Waals surface area contributed by atoms with Gasteiger partial charge in [-0.05, 0) is 61.1 Å². The molecule has 0 saturated carbocycles. The molecule has 0 aromatic heterocycles. The van der Waals surface area contributed by atoms with Crippen LogP contribution in [0.25, 0.3) is 0 Å². The lowest BCUT2D eigenvalue weighted by Gasteiger charge is -2.53. The maximum Gasteiger partial charge on any atom is 0.161 e. The van der Waals surface area contributed by atoms with Crippen LogP contribution in [-0.2, 0) is 13.1 Å². The molecule has 5 rings (SSSR count). The van der Waals surface area contributed by atoms with Crippen molar-refractivity contribution in [3.63, 3.8) is 0 Å². The van der Waals surface area contributed by atoms with Gasteiger partial charge in [-0.15, -0.1) is 0 Å². The number of ether oxygens (including phenoxy) is 2. The molecule has 4 atom stereocenters. The van der Waals surface area contributed by atoms with Crippen LogP contribution in [0.5, 0.6) is 11.5 Å². The molecular weight excluding hydrogens is 448 g/mol. The molecule has 3 aromatic carbocycles. The summed E-state index contributed by atoms with van der Waals surface area (Å²) in [6.07, 6.45) is 3.54. The van der Waals surface area contributed by atoms with E-state index in [1.165, 1.54) is 16.7 Å². The number of aliphatic hydroxyl groups excluding tert-OH is 1. The second-order valence-electron chi connectivity index (χ2n) is 10.1. The molecule has 0 radical (unpaired) electrons. The molecule has 0 unspecified atom stereocenters. The molecule has 36 heavy (non-hydrogen) atoms. The summed E-state index contributed by atoms with van der Waals surface area (Å²) >= 11 is 0. The van der Waals surface area contributed by atoms with Crippen molar-refractivity contribution in [2.24, 2.45) is 0 Å². The molecule has 0 aliphatic carbocycles. The highest BCUT2D eigenvalue weighted by atomic mass is 16.5. The highest BCUT2D eigenvalue weighted by Crippen LogP contribution is 2.42. The summed E-state index contributed by atoms with van der Waals surface area (Å²) in [5.74, 6) is 1.48. The molecule has 2 heterocycles. The highest BCUT2D eigenvalue weighted by molar-refractivity contribution is 5.44. The molecule has 0 amide bonds. The number of nitrogens with zero attached hydrogens (tertiary/aromatic N) is 2. The number of hydrogen-bond acceptors (Lipinski definition) is 5. The molecule has 2 fully saturated rings. The van der Waals surface area contributed by atoms with Crippen molar-refractivity contribution >= 4 is 0 Å². The van der Waals surface area contributed by atoms with Gasteiger partial charge in [0.1, 0.15) is 0 Å². The first-order valence-electron chi connectivity index (χ1n) is 13.1. The first-order valence-corrected chi connectivity index (χ1v) is 13.1. The first kappa shape index (κ1) is 24.8. The van der Waals surface area contributed by atoms with E-state index in [-0.39, 0.29) is 12.1 Å². The Morgan fingerprint density at radius 3 is 2.08 bits per heavy atom. The summed E-state index contributed by atoms with van der Waals surface area (Å²) in [5, 5.41) is 11.1. The number of benzene rings is 3. The van der Waals surface area contributed by atoms with E-state index >= 15 is 0 Å². The van der Waals surface area contributed by atoms with Crippen LogP contribution in [0.1, 0.15) is 48.4 Å². The summed E-state index contributed by atoms with van der Waals surface area (Å²) in [7, 11) is 3.35. The fraction of sp³-hybridized carbons (Fsp3) is 0.419. The quantitative estimate of drug-likeness (QED) is 0.460. The molecule has 2 saturated heterocycles. The third-order valence-electron chi connectivity index (χ3n) is 7.91. The smallest absolute Gasteiger partial charge is 0.161 e. The number of rotatable bonds is 8. The minimum Gasteiger partial charge on any atom is -0.493 e. The van der Waals surface area contributed by atoms with Crippen molar-refractivity contribution in [3.8, 4) is 11.5 Å². The second-order valence-corrected chi connectivity index (χ2v) is 10.1. The second kappa shape index (κ2) is 11.5. The Bertz CT molecular complexity index is 1070. The minimum absolute atomic E-state index is 0.164. The number of piperidine rings is 2. The maximum absolute atomic E-state index is 11.1. The van der Waals surface area contributed by atoms with E-state index in [0.29, 0.717) is 12.1 Å². The molecule has 190 valence electrons. The normalized spacial score (nSPS) is 24.3. The zero-order valence-electron chi connectivity index (χ0n) is 21.4. The standard InChI is InChI=1S/C31H38N2O3/c1-35-30-16-15-25(18-31(30)36-2)28-19-26(34)20-29-27(14-9-17-33(28)29)32(21-23-10-5-3-6-11-23)22-24-12-7-4-8-13-24/h3-8,10-13,15-16,18,26-29,34H,9,14,17,19-22H2,1-2H3/t26-,27-,28-,29+/m0/s1. The summed E-state index contributed by atoms with van der Waals surface area (Å²) < 4.78 is 11.1. The van der Waals surface area contributed by atoms with Gasteiger partial charge in [-0.2, -0.15) is 0 Å².